The first kappa shape index (κ1) is 23.1. The van der Waals surface area contributed by atoms with E-state index in [1.807, 2.05) is 27.8 Å². The first-order chi connectivity index (χ1) is 11.1. The number of halogens is 1. The molecule has 0 aliphatic heterocycles. The van der Waals surface area contributed by atoms with E-state index in [4.69, 9.17) is 4.74 Å². The summed E-state index contributed by atoms with van der Waals surface area (Å²) in [6.07, 6.45) is -0.345. The third kappa shape index (κ3) is 9.83. The van der Waals surface area contributed by atoms with Crippen molar-refractivity contribution in [2.75, 3.05) is 23.9 Å². The minimum atomic E-state index is -0.510. The van der Waals surface area contributed by atoms with Gasteiger partial charge in [0.2, 0.25) is 0 Å². The van der Waals surface area contributed by atoms with E-state index in [-0.39, 0.29) is 24.8 Å². The molecule has 0 aromatic carbocycles. The number of hydrazone groups is 1. The van der Waals surface area contributed by atoms with Gasteiger partial charge in [-0.2, -0.15) is 5.10 Å². The summed E-state index contributed by atoms with van der Waals surface area (Å²) in [5.41, 5.74) is 2.83. The Morgan fingerprint density at radius 3 is 2.52 bits per heavy atom. The van der Waals surface area contributed by atoms with Crippen LogP contribution in [-0.2, 0) is 9.53 Å². The van der Waals surface area contributed by atoms with E-state index in [1.165, 1.54) is 0 Å². The van der Waals surface area contributed by atoms with Crippen LogP contribution in [0.25, 0.3) is 0 Å². The highest BCUT2D eigenvalue weighted by atomic mass is 35.5. The molecule has 1 atom stereocenters. The Bertz CT molecular complexity index is 570. The lowest BCUT2D eigenvalue weighted by molar-refractivity contribution is -0.153. The van der Waals surface area contributed by atoms with E-state index < -0.39 is 11.7 Å². The number of esters is 1. The van der Waals surface area contributed by atoms with Gasteiger partial charge in [-0.25, -0.2) is 0 Å². The summed E-state index contributed by atoms with van der Waals surface area (Å²) in [6, 6.07) is 3.50. The lowest BCUT2D eigenvalue weighted by Crippen LogP contribution is -2.27. The fourth-order valence-corrected chi connectivity index (χ4v) is 1.86. The average molecular weight is 374 g/mol. The quantitative estimate of drug-likeness (QED) is 0.429. The van der Waals surface area contributed by atoms with Crippen molar-refractivity contribution in [1.29, 1.82) is 0 Å². The van der Waals surface area contributed by atoms with Crippen molar-refractivity contribution in [3.05, 3.63) is 12.1 Å². The van der Waals surface area contributed by atoms with Crippen molar-refractivity contribution in [3.8, 4) is 0 Å². The van der Waals surface area contributed by atoms with Crippen molar-refractivity contribution >= 4 is 35.7 Å². The van der Waals surface area contributed by atoms with Crippen LogP contribution >= 0.6 is 12.4 Å². The van der Waals surface area contributed by atoms with Crippen molar-refractivity contribution in [2.45, 2.75) is 52.7 Å². The van der Waals surface area contributed by atoms with Crippen molar-refractivity contribution in [2.24, 2.45) is 5.10 Å². The van der Waals surface area contributed by atoms with Crippen LogP contribution in [0.1, 0.15) is 41.0 Å². The number of ether oxygens (including phenoxy) is 1. The maximum absolute atomic E-state index is 11.7. The second-order valence-electron chi connectivity index (χ2n) is 6.73. The van der Waals surface area contributed by atoms with E-state index in [0.717, 1.165) is 0 Å². The predicted molar refractivity (Wildman–Crippen MR) is 101 cm³/mol. The smallest absolute Gasteiger partial charge is 0.312 e. The van der Waals surface area contributed by atoms with Crippen molar-refractivity contribution < 1.29 is 14.6 Å². The zero-order valence-electron chi connectivity index (χ0n) is 15.6. The molecule has 0 spiro atoms. The summed E-state index contributed by atoms with van der Waals surface area (Å²) in [5, 5.41) is 21.5. The molecular weight excluding hydrogens is 346 g/mol. The van der Waals surface area contributed by atoms with Crippen LogP contribution in [0, 0.1) is 0 Å². The summed E-state index contributed by atoms with van der Waals surface area (Å²) in [7, 11) is 1.83. The van der Waals surface area contributed by atoms with Gasteiger partial charge < -0.3 is 14.7 Å². The monoisotopic (exact) mass is 373 g/mol. The first-order valence-corrected chi connectivity index (χ1v) is 7.81. The molecule has 25 heavy (non-hydrogen) atoms. The number of nitrogens with one attached hydrogen (secondary N) is 1. The Morgan fingerprint density at radius 1 is 1.40 bits per heavy atom. The summed E-state index contributed by atoms with van der Waals surface area (Å²) < 4.78 is 5.23. The van der Waals surface area contributed by atoms with Gasteiger partial charge in [0.1, 0.15) is 5.60 Å². The van der Waals surface area contributed by atoms with Gasteiger partial charge in [0.25, 0.3) is 0 Å². The first-order valence-electron chi connectivity index (χ1n) is 7.81. The fraction of sp³-hybridized carbons (Fsp3) is 0.625. The van der Waals surface area contributed by atoms with Crippen LogP contribution in [0.2, 0.25) is 0 Å². The second kappa shape index (κ2) is 10.1. The highest BCUT2D eigenvalue weighted by Gasteiger charge is 2.16. The number of aliphatic hydroxyl groups is 1. The Morgan fingerprint density at radius 2 is 2.04 bits per heavy atom. The van der Waals surface area contributed by atoms with Crippen LogP contribution in [0.3, 0.4) is 0 Å². The molecular formula is C16H28ClN5O3. The average Bonchev–Trinajstić information content (AvgIpc) is 2.42. The molecule has 9 heteroatoms. The highest BCUT2D eigenvalue weighted by Crippen LogP contribution is 2.11. The third-order valence-electron chi connectivity index (χ3n) is 2.76. The van der Waals surface area contributed by atoms with Gasteiger partial charge in [0.05, 0.1) is 12.5 Å². The summed E-state index contributed by atoms with van der Waals surface area (Å²) >= 11 is 0. The molecule has 8 nitrogen and oxygen atoms in total. The lowest BCUT2D eigenvalue weighted by atomic mass is 10.2. The number of carbonyl (C=O) groups is 1. The molecule has 0 aliphatic rings. The molecule has 1 rings (SSSR count). The third-order valence-corrected chi connectivity index (χ3v) is 2.76. The molecule has 1 aromatic heterocycles. The largest absolute Gasteiger partial charge is 0.460 e. The van der Waals surface area contributed by atoms with Gasteiger partial charge in [0.15, 0.2) is 11.6 Å². The molecule has 0 fully saturated rings. The second-order valence-corrected chi connectivity index (χ2v) is 6.73. The van der Waals surface area contributed by atoms with Gasteiger partial charge >= 0.3 is 5.97 Å². The molecule has 0 aliphatic carbocycles. The Kier molecular flexibility index (Phi) is 9.37. The molecule has 1 heterocycles. The molecule has 1 unspecified atom stereocenters. The molecule has 142 valence electrons. The number of carbonyl (C=O) groups excluding carboxylic acids is 1. The van der Waals surface area contributed by atoms with Gasteiger partial charge in [-0.1, -0.05) is 0 Å². The lowest BCUT2D eigenvalue weighted by Gasteiger charge is -2.19. The maximum atomic E-state index is 11.7. The summed E-state index contributed by atoms with van der Waals surface area (Å²) in [5.74, 6) is 0.787. The molecule has 2 N–H and O–H groups in total. The van der Waals surface area contributed by atoms with E-state index in [2.05, 4.69) is 20.7 Å². The number of rotatable bonds is 7. The molecule has 0 bridgehead atoms. The van der Waals surface area contributed by atoms with Crippen LogP contribution < -0.4 is 10.3 Å². The van der Waals surface area contributed by atoms with Crippen LogP contribution in [-0.4, -0.2) is 52.3 Å². The standard InChI is InChI=1S/C16H27N5O3.ClH/c1-11(9-15(23)24-16(3,4)5)17-18-13-7-8-14(20-19-13)21(6)10-12(2)22;/h7-8,12,22H,9-10H2,1-6H3,(H,18,19);1H/b17-11+;. The summed E-state index contributed by atoms with van der Waals surface area (Å²) in [6.45, 7) is 9.37. The fourth-order valence-electron chi connectivity index (χ4n) is 1.86. The maximum Gasteiger partial charge on any atom is 0.312 e. The topological polar surface area (TPSA) is 99.9 Å². The van der Waals surface area contributed by atoms with E-state index in [1.54, 1.807) is 30.9 Å². The van der Waals surface area contributed by atoms with Gasteiger partial charge in [-0.05, 0) is 46.8 Å². The Hall–Kier alpha value is -1.93. The zero-order valence-corrected chi connectivity index (χ0v) is 16.4. The number of hydrogen-bond donors (Lipinski definition) is 2. The van der Waals surface area contributed by atoms with Gasteiger partial charge in [0, 0.05) is 19.3 Å². The SMILES string of the molecule is C/C(CC(=O)OC(C)(C)C)=N\Nc1ccc(N(C)CC(C)O)nn1.Cl. The minimum absolute atomic E-state index is 0. The number of anilines is 2. The van der Waals surface area contributed by atoms with Gasteiger partial charge in [-0.3, -0.25) is 10.2 Å². The number of hydrogen-bond acceptors (Lipinski definition) is 8. The van der Waals surface area contributed by atoms with Crippen molar-refractivity contribution in [1.82, 2.24) is 10.2 Å². The summed E-state index contributed by atoms with van der Waals surface area (Å²) in [4.78, 5) is 13.5. The zero-order chi connectivity index (χ0) is 18.3. The predicted octanol–water partition coefficient (Wildman–Crippen LogP) is 2.24. The normalized spacial score (nSPS) is 12.8. The molecule has 1 aromatic rings. The Labute approximate surface area is 155 Å². The minimum Gasteiger partial charge on any atom is -0.460 e. The van der Waals surface area contributed by atoms with Crippen LogP contribution in [0.4, 0.5) is 11.6 Å². The molecule has 0 radical (unpaired) electrons. The van der Waals surface area contributed by atoms with E-state index >= 15 is 0 Å². The van der Waals surface area contributed by atoms with Crippen LogP contribution in [0.5, 0.6) is 0 Å². The van der Waals surface area contributed by atoms with E-state index in [0.29, 0.717) is 23.9 Å². The number of aliphatic hydroxyl groups excluding tert-OH is 1. The number of nitrogens with zero attached hydrogens (tertiary/aromatic N) is 4. The highest BCUT2D eigenvalue weighted by molar-refractivity contribution is 5.97. The van der Waals surface area contributed by atoms with Crippen molar-refractivity contribution in [3.63, 3.8) is 0 Å². The molecule has 0 saturated heterocycles. The van der Waals surface area contributed by atoms with Crippen LogP contribution in [0.15, 0.2) is 17.2 Å². The number of aromatic nitrogens is 2. The molecule has 0 amide bonds. The molecule has 0 saturated carbocycles. The van der Waals surface area contributed by atoms with E-state index in [9.17, 15) is 9.90 Å². The Balaban J connectivity index is 0.00000576. The number of likely N-dealkylation sites (N-methyl/N-ethyl adjacent to an activating group) is 1. The van der Waals surface area contributed by atoms with Gasteiger partial charge in [-0.15, -0.1) is 22.6 Å².